The van der Waals surface area contributed by atoms with Gasteiger partial charge in [0.15, 0.2) is 0 Å². The fraction of sp³-hybridized carbons (Fsp3) is 0.250. The monoisotopic (exact) mass is 292 g/mol. The average molecular weight is 293 g/mol. The van der Waals surface area contributed by atoms with E-state index in [4.69, 9.17) is 16.3 Å². The minimum Gasteiger partial charge on any atom is -0.385 e. The first-order valence-electron chi connectivity index (χ1n) is 6.49. The summed E-state index contributed by atoms with van der Waals surface area (Å²) in [5.41, 5.74) is 2.44. The van der Waals surface area contributed by atoms with Gasteiger partial charge >= 0.3 is 0 Å². The molecule has 1 aliphatic rings. The van der Waals surface area contributed by atoms with Gasteiger partial charge in [-0.15, -0.1) is 0 Å². The predicted octanol–water partition coefficient (Wildman–Crippen LogP) is 3.83. The fourth-order valence-corrected chi connectivity index (χ4v) is 2.82. The summed E-state index contributed by atoms with van der Waals surface area (Å²) < 4.78 is 19.0. The number of hydrogen-bond donors (Lipinski definition) is 1. The Balaban J connectivity index is 1.99. The third-order valence-corrected chi connectivity index (χ3v) is 3.94. The molecule has 0 saturated carbocycles. The lowest BCUT2D eigenvalue weighted by molar-refractivity contribution is -0.0483. The Hall–Kier alpha value is -1.42. The van der Waals surface area contributed by atoms with Crippen LogP contribution in [0, 0.1) is 5.82 Å². The van der Waals surface area contributed by atoms with E-state index in [0.717, 1.165) is 17.5 Å². The summed E-state index contributed by atoms with van der Waals surface area (Å²) in [4.78, 5) is 0. The summed E-state index contributed by atoms with van der Waals surface area (Å²) in [5, 5.41) is 10.9. The normalized spacial score (nSPS) is 19.4. The molecule has 2 unspecified atom stereocenters. The van der Waals surface area contributed by atoms with Gasteiger partial charge in [-0.25, -0.2) is 4.39 Å². The molecule has 2 nitrogen and oxygen atoms in total. The molecule has 0 amide bonds. The van der Waals surface area contributed by atoms with Crippen LogP contribution in [0.5, 0.6) is 0 Å². The Labute approximate surface area is 121 Å². The van der Waals surface area contributed by atoms with Gasteiger partial charge in [-0.3, -0.25) is 0 Å². The van der Waals surface area contributed by atoms with Gasteiger partial charge in [-0.05, 0) is 35.7 Å². The number of rotatable bonds is 2. The quantitative estimate of drug-likeness (QED) is 0.911. The van der Waals surface area contributed by atoms with Crippen molar-refractivity contribution in [3.8, 4) is 0 Å². The molecule has 0 radical (unpaired) electrons. The Morgan fingerprint density at radius 2 is 2.05 bits per heavy atom. The molecule has 0 fully saturated rings. The number of fused-ring (bicyclic) bond motifs is 1. The molecule has 2 aromatic rings. The predicted molar refractivity (Wildman–Crippen MR) is 75.2 cm³/mol. The van der Waals surface area contributed by atoms with Crippen LogP contribution in [0.4, 0.5) is 4.39 Å². The van der Waals surface area contributed by atoms with E-state index < -0.39 is 18.0 Å². The highest BCUT2D eigenvalue weighted by molar-refractivity contribution is 6.31. The maximum Gasteiger partial charge on any atom is 0.123 e. The lowest BCUT2D eigenvalue weighted by Gasteiger charge is -2.30. The molecule has 20 heavy (non-hydrogen) atoms. The molecule has 0 bridgehead atoms. The first kappa shape index (κ1) is 13.6. The summed E-state index contributed by atoms with van der Waals surface area (Å²) >= 11 is 6.06. The van der Waals surface area contributed by atoms with E-state index in [9.17, 15) is 9.50 Å². The van der Waals surface area contributed by atoms with Crippen LogP contribution in [0.25, 0.3) is 0 Å². The standard InChI is InChI=1S/C16H14ClFO2/c17-14-6-5-11(18)9-13(14)15(19)16-12-4-2-1-3-10(12)7-8-20-16/h1-6,9,15-16,19H,7-8H2. The van der Waals surface area contributed by atoms with E-state index in [1.165, 1.54) is 18.2 Å². The van der Waals surface area contributed by atoms with Gasteiger partial charge in [0.05, 0.1) is 6.61 Å². The molecule has 3 rings (SSSR count). The molecular weight excluding hydrogens is 279 g/mol. The highest BCUT2D eigenvalue weighted by Crippen LogP contribution is 2.39. The van der Waals surface area contributed by atoms with E-state index in [1.54, 1.807) is 0 Å². The van der Waals surface area contributed by atoms with E-state index in [0.29, 0.717) is 17.2 Å². The van der Waals surface area contributed by atoms with Crippen LogP contribution < -0.4 is 0 Å². The van der Waals surface area contributed by atoms with Crippen LogP contribution in [-0.4, -0.2) is 11.7 Å². The highest BCUT2D eigenvalue weighted by atomic mass is 35.5. The van der Waals surface area contributed by atoms with Gasteiger partial charge in [0, 0.05) is 10.6 Å². The van der Waals surface area contributed by atoms with E-state index >= 15 is 0 Å². The molecule has 4 heteroatoms. The van der Waals surface area contributed by atoms with Crippen molar-refractivity contribution in [3.05, 3.63) is 70.0 Å². The van der Waals surface area contributed by atoms with Crippen LogP contribution in [0.2, 0.25) is 5.02 Å². The fourth-order valence-electron chi connectivity index (χ4n) is 2.59. The highest BCUT2D eigenvalue weighted by Gasteiger charge is 2.29. The summed E-state index contributed by atoms with van der Waals surface area (Å²) in [6, 6.07) is 11.8. The van der Waals surface area contributed by atoms with Crippen molar-refractivity contribution in [2.45, 2.75) is 18.6 Å². The molecule has 0 spiro atoms. The van der Waals surface area contributed by atoms with E-state index in [-0.39, 0.29) is 0 Å². The molecule has 1 aliphatic heterocycles. The molecule has 2 atom stereocenters. The van der Waals surface area contributed by atoms with Crippen molar-refractivity contribution in [1.29, 1.82) is 0 Å². The van der Waals surface area contributed by atoms with Crippen molar-refractivity contribution in [3.63, 3.8) is 0 Å². The zero-order valence-corrected chi connectivity index (χ0v) is 11.5. The number of aliphatic hydroxyl groups excluding tert-OH is 1. The first-order valence-corrected chi connectivity index (χ1v) is 6.87. The van der Waals surface area contributed by atoms with Gasteiger partial charge in [0.2, 0.25) is 0 Å². The zero-order valence-electron chi connectivity index (χ0n) is 10.7. The van der Waals surface area contributed by atoms with Crippen LogP contribution in [-0.2, 0) is 11.2 Å². The molecule has 0 aliphatic carbocycles. The Morgan fingerprint density at radius 1 is 1.25 bits per heavy atom. The SMILES string of the molecule is OC(c1cc(F)ccc1Cl)C1OCCc2ccccc21. The van der Waals surface area contributed by atoms with Gasteiger partial charge < -0.3 is 9.84 Å². The number of benzene rings is 2. The molecule has 1 heterocycles. The molecular formula is C16H14ClFO2. The van der Waals surface area contributed by atoms with Crippen molar-refractivity contribution in [1.82, 2.24) is 0 Å². The van der Waals surface area contributed by atoms with Crippen molar-refractivity contribution >= 4 is 11.6 Å². The molecule has 0 saturated heterocycles. The van der Waals surface area contributed by atoms with Crippen LogP contribution in [0.15, 0.2) is 42.5 Å². The minimum atomic E-state index is -0.986. The van der Waals surface area contributed by atoms with Crippen molar-refractivity contribution in [2.75, 3.05) is 6.61 Å². The Morgan fingerprint density at radius 3 is 2.90 bits per heavy atom. The molecule has 0 aromatic heterocycles. The summed E-state index contributed by atoms with van der Waals surface area (Å²) in [6.45, 7) is 0.533. The lowest BCUT2D eigenvalue weighted by Crippen LogP contribution is -2.22. The maximum atomic E-state index is 13.4. The average Bonchev–Trinajstić information content (AvgIpc) is 2.48. The van der Waals surface area contributed by atoms with Crippen molar-refractivity contribution < 1.29 is 14.2 Å². The van der Waals surface area contributed by atoms with Gasteiger partial charge in [-0.1, -0.05) is 35.9 Å². The number of hydrogen-bond acceptors (Lipinski definition) is 2. The topological polar surface area (TPSA) is 29.5 Å². The minimum absolute atomic E-state index is 0.338. The second kappa shape index (κ2) is 5.52. The molecule has 1 N–H and O–H groups in total. The van der Waals surface area contributed by atoms with E-state index in [2.05, 4.69) is 0 Å². The van der Waals surface area contributed by atoms with Crippen LogP contribution in [0.1, 0.15) is 28.9 Å². The summed E-state index contributed by atoms with van der Waals surface area (Å²) in [6.07, 6.45) is -0.685. The van der Waals surface area contributed by atoms with Gasteiger partial charge in [0.1, 0.15) is 18.0 Å². The lowest BCUT2D eigenvalue weighted by atomic mass is 9.91. The van der Waals surface area contributed by atoms with Gasteiger partial charge in [-0.2, -0.15) is 0 Å². The number of halogens is 2. The van der Waals surface area contributed by atoms with Crippen LogP contribution in [0.3, 0.4) is 0 Å². The third kappa shape index (κ3) is 2.44. The second-order valence-electron chi connectivity index (χ2n) is 4.85. The smallest absolute Gasteiger partial charge is 0.123 e. The van der Waals surface area contributed by atoms with Crippen LogP contribution >= 0.6 is 11.6 Å². The summed E-state index contributed by atoms with van der Waals surface area (Å²) in [7, 11) is 0. The number of aliphatic hydroxyl groups is 1. The largest absolute Gasteiger partial charge is 0.385 e. The van der Waals surface area contributed by atoms with E-state index in [1.807, 2.05) is 24.3 Å². The third-order valence-electron chi connectivity index (χ3n) is 3.59. The first-order chi connectivity index (χ1) is 9.66. The zero-order chi connectivity index (χ0) is 14.1. The van der Waals surface area contributed by atoms with Gasteiger partial charge in [0.25, 0.3) is 0 Å². The Bertz CT molecular complexity index is 630. The molecule has 104 valence electrons. The molecule has 2 aromatic carbocycles. The number of ether oxygens (including phenoxy) is 1. The second-order valence-corrected chi connectivity index (χ2v) is 5.26. The van der Waals surface area contributed by atoms with Crippen molar-refractivity contribution in [2.24, 2.45) is 0 Å². The summed E-state index contributed by atoms with van der Waals surface area (Å²) in [5.74, 6) is -0.424. The Kier molecular flexibility index (Phi) is 3.74. The maximum absolute atomic E-state index is 13.4.